The summed E-state index contributed by atoms with van der Waals surface area (Å²) < 4.78 is 31.1. The molecule has 1 N–H and O–H groups in total. The maximum Gasteiger partial charge on any atom is 0.290 e. The van der Waals surface area contributed by atoms with Crippen LogP contribution in [0.1, 0.15) is 20.3 Å². The first kappa shape index (κ1) is 12.9. The molecule has 0 aromatic carbocycles. The summed E-state index contributed by atoms with van der Waals surface area (Å²) in [4.78, 5) is 0.0191. The Morgan fingerprint density at radius 1 is 1.31 bits per heavy atom. The van der Waals surface area contributed by atoms with Crippen molar-refractivity contribution in [2.24, 2.45) is 5.92 Å². The highest BCUT2D eigenvalue weighted by Gasteiger charge is 2.11. The van der Waals surface area contributed by atoms with Gasteiger partial charge in [-0.05, 0) is 18.9 Å². The minimum atomic E-state index is -4.09. The van der Waals surface area contributed by atoms with E-state index in [4.69, 9.17) is 4.55 Å². The molecule has 3 nitrogen and oxygen atoms in total. The first-order chi connectivity index (χ1) is 7.41. The van der Waals surface area contributed by atoms with Crippen molar-refractivity contribution in [3.05, 3.63) is 46.9 Å². The van der Waals surface area contributed by atoms with Gasteiger partial charge in [0.1, 0.15) is 0 Å². The van der Waals surface area contributed by atoms with Gasteiger partial charge in [0, 0.05) is 6.42 Å². The monoisotopic (exact) mass is 240 g/mol. The molecule has 0 aromatic rings. The lowest BCUT2D eigenvalue weighted by Gasteiger charge is -2.07. The van der Waals surface area contributed by atoms with E-state index in [-0.39, 0.29) is 17.2 Å². The molecule has 0 heterocycles. The fourth-order valence-electron chi connectivity index (χ4n) is 1.28. The topological polar surface area (TPSA) is 54.4 Å². The lowest BCUT2D eigenvalue weighted by molar-refractivity contribution is 0.490. The highest BCUT2D eigenvalue weighted by atomic mass is 32.2. The van der Waals surface area contributed by atoms with E-state index < -0.39 is 10.1 Å². The van der Waals surface area contributed by atoms with Gasteiger partial charge in [-0.1, -0.05) is 42.9 Å². The molecule has 0 saturated heterocycles. The molecule has 1 unspecified atom stereocenters. The highest BCUT2D eigenvalue weighted by molar-refractivity contribution is 7.89. The van der Waals surface area contributed by atoms with Crippen molar-refractivity contribution >= 4 is 10.1 Å². The van der Waals surface area contributed by atoms with Crippen molar-refractivity contribution in [1.29, 1.82) is 0 Å². The fraction of sp³-hybridized carbons (Fsp3) is 0.333. The van der Waals surface area contributed by atoms with E-state index in [1.807, 2.05) is 26.0 Å². The second kappa shape index (κ2) is 5.27. The molecule has 1 aliphatic carbocycles. The number of hydrogen-bond donors (Lipinski definition) is 1. The van der Waals surface area contributed by atoms with Gasteiger partial charge in [0.25, 0.3) is 10.1 Å². The van der Waals surface area contributed by atoms with Gasteiger partial charge < -0.3 is 0 Å². The van der Waals surface area contributed by atoms with Crippen LogP contribution in [-0.4, -0.2) is 13.0 Å². The molecule has 16 heavy (non-hydrogen) atoms. The van der Waals surface area contributed by atoms with Gasteiger partial charge in [-0.15, -0.1) is 0 Å². The Bertz CT molecular complexity index is 464. The second-order valence-electron chi connectivity index (χ2n) is 3.82. The molecule has 1 atom stereocenters. The molecular formula is C12H16O3S. The molecule has 0 spiro atoms. The van der Waals surface area contributed by atoms with Crippen LogP contribution in [0, 0.1) is 5.92 Å². The van der Waals surface area contributed by atoms with Crippen LogP contribution in [0.3, 0.4) is 0 Å². The molecule has 4 heteroatoms. The maximum absolute atomic E-state index is 11.0. The molecule has 0 fully saturated rings. The molecule has 0 bridgehead atoms. The highest BCUT2D eigenvalue weighted by Crippen LogP contribution is 2.16. The third kappa shape index (κ3) is 3.79. The van der Waals surface area contributed by atoms with E-state index in [1.54, 1.807) is 18.2 Å². The van der Waals surface area contributed by atoms with E-state index in [0.29, 0.717) is 0 Å². The van der Waals surface area contributed by atoms with E-state index in [2.05, 4.69) is 0 Å². The largest absolute Gasteiger partial charge is 0.290 e. The first-order valence-electron chi connectivity index (χ1n) is 5.09. The smallest absolute Gasteiger partial charge is 0.282 e. The quantitative estimate of drug-likeness (QED) is 0.717. The van der Waals surface area contributed by atoms with Crippen molar-refractivity contribution in [1.82, 2.24) is 0 Å². The minimum Gasteiger partial charge on any atom is -0.282 e. The number of rotatable bonds is 1. The van der Waals surface area contributed by atoms with Gasteiger partial charge in [0.2, 0.25) is 0 Å². The van der Waals surface area contributed by atoms with Gasteiger partial charge >= 0.3 is 0 Å². The van der Waals surface area contributed by atoms with Gasteiger partial charge in [0.05, 0.1) is 4.91 Å². The summed E-state index contributed by atoms with van der Waals surface area (Å²) in [5.74, 6) is 0.252. The predicted molar refractivity (Wildman–Crippen MR) is 65.4 cm³/mol. The summed E-state index contributed by atoms with van der Waals surface area (Å²) >= 11 is 0. The van der Waals surface area contributed by atoms with Crippen molar-refractivity contribution in [2.45, 2.75) is 20.3 Å². The van der Waals surface area contributed by atoms with E-state index >= 15 is 0 Å². The van der Waals surface area contributed by atoms with Crippen LogP contribution in [0.2, 0.25) is 0 Å². The van der Waals surface area contributed by atoms with Gasteiger partial charge in [0.15, 0.2) is 0 Å². The molecule has 88 valence electrons. The zero-order valence-corrected chi connectivity index (χ0v) is 10.2. The van der Waals surface area contributed by atoms with Gasteiger partial charge in [-0.2, -0.15) is 8.42 Å². The molecule has 0 radical (unpaired) electrons. The second-order valence-corrected chi connectivity index (χ2v) is 5.30. The third-order valence-electron chi connectivity index (χ3n) is 2.55. The molecule has 0 amide bonds. The zero-order valence-electron chi connectivity index (χ0n) is 9.42. The Labute approximate surface area is 96.6 Å². The number of allylic oxidation sites excluding steroid dienone is 8. The lowest BCUT2D eigenvalue weighted by Crippen LogP contribution is -2.01. The lowest BCUT2D eigenvalue weighted by atomic mass is 10.0. The Balaban J connectivity index is 3.13. The molecule has 1 aliphatic rings. The summed E-state index contributed by atoms with van der Waals surface area (Å²) in [5, 5.41) is 0. The third-order valence-corrected chi connectivity index (χ3v) is 3.51. The van der Waals surface area contributed by atoms with Crippen LogP contribution >= 0.6 is 0 Å². The fourth-order valence-corrected chi connectivity index (χ4v) is 1.83. The average Bonchev–Trinajstić information content (AvgIpc) is 2.18. The predicted octanol–water partition coefficient (Wildman–Crippen LogP) is 2.86. The van der Waals surface area contributed by atoms with Gasteiger partial charge in [-0.3, -0.25) is 4.55 Å². The SMILES string of the molecule is C/C1=C/C=C(/S(=O)(=O)O)C/C=C\C=C/C1C. The average molecular weight is 240 g/mol. The minimum absolute atomic E-state index is 0.0191. The summed E-state index contributed by atoms with van der Waals surface area (Å²) in [7, 11) is -4.09. The molecule has 0 saturated carbocycles. The summed E-state index contributed by atoms with van der Waals surface area (Å²) in [6, 6.07) is 0. The zero-order chi connectivity index (χ0) is 12.2. The standard InChI is InChI=1S/C12H16O3S/c1-10-6-4-3-5-7-12(16(13,14)15)9-8-11(10)2/h3-6,8-10H,7H2,1-2H3,(H,13,14,15)/b5-3-,6-4-,11-8-,12-9+. The van der Waals surface area contributed by atoms with Gasteiger partial charge in [-0.25, -0.2) is 0 Å². The normalized spacial score (nSPS) is 33.1. The Morgan fingerprint density at radius 3 is 2.62 bits per heavy atom. The van der Waals surface area contributed by atoms with E-state index in [0.717, 1.165) is 5.57 Å². The Morgan fingerprint density at radius 2 is 2.00 bits per heavy atom. The van der Waals surface area contributed by atoms with Crippen molar-refractivity contribution in [3.8, 4) is 0 Å². The van der Waals surface area contributed by atoms with Crippen molar-refractivity contribution < 1.29 is 13.0 Å². The Kier molecular flexibility index (Phi) is 4.26. The molecule has 0 aromatic heterocycles. The van der Waals surface area contributed by atoms with E-state index in [9.17, 15) is 8.42 Å². The summed E-state index contributed by atoms with van der Waals surface area (Å²) in [6.07, 6.45) is 10.8. The van der Waals surface area contributed by atoms with Crippen LogP contribution in [0.15, 0.2) is 46.9 Å². The summed E-state index contributed by atoms with van der Waals surface area (Å²) in [5.41, 5.74) is 1.05. The maximum atomic E-state index is 11.0. The molecular weight excluding hydrogens is 224 g/mol. The summed E-state index contributed by atoms with van der Waals surface area (Å²) in [6.45, 7) is 3.96. The van der Waals surface area contributed by atoms with E-state index in [1.165, 1.54) is 6.08 Å². The van der Waals surface area contributed by atoms with Crippen LogP contribution in [-0.2, 0) is 10.1 Å². The Hall–Kier alpha value is -1.13. The van der Waals surface area contributed by atoms with Crippen molar-refractivity contribution in [2.75, 3.05) is 0 Å². The molecule has 1 rings (SSSR count). The molecule has 0 aliphatic heterocycles. The van der Waals surface area contributed by atoms with Crippen LogP contribution < -0.4 is 0 Å². The first-order valence-corrected chi connectivity index (χ1v) is 6.53. The van der Waals surface area contributed by atoms with Crippen LogP contribution in [0.25, 0.3) is 0 Å². The number of hydrogen-bond acceptors (Lipinski definition) is 2. The van der Waals surface area contributed by atoms with Crippen LogP contribution in [0.4, 0.5) is 0 Å². The van der Waals surface area contributed by atoms with Crippen molar-refractivity contribution in [3.63, 3.8) is 0 Å². The van der Waals surface area contributed by atoms with Crippen LogP contribution in [0.5, 0.6) is 0 Å².